The Hall–Kier alpha value is -4.37. The van der Waals surface area contributed by atoms with Gasteiger partial charge in [0.2, 0.25) is 0 Å². The summed E-state index contributed by atoms with van der Waals surface area (Å²) < 4.78 is 17.3. The molecular weight excluding hydrogens is 504 g/mol. The second kappa shape index (κ2) is 10.2. The Morgan fingerprint density at radius 2 is 1.74 bits per heavy atom. The predicted molar refractivity (Wildman–Crippen MR) is 146 cm³/mol. The number of thiazole rings is 1. The summed E-state index contributed by atoms with van der Waals surface area (Å²) in [5.74, 6) is -0.218. The Labute approximate surface area is 223 Å². The number of aliphatic hydroxyl groups is 1. The number of Topliss-reactive ketones (excluding diaryl/α,β-unsaturated/α-hetero) is 1. The standard InChI is InChI=1S/C29H26N2O6S/c1-5-37-19-11-12-20-23(15-19)38-29(30-20)31-25(18-10-13-21(35-3)22(14-18)36-4)24(27(33)28(31)34)26(32)17-8-6-16(2)7-9-17/h6-15,25,32H,5H2,1-4H3. The van der Waals surface area contributed by atoms with Crippen molar-refractivity contribution in [2.24, 2.45) is 0 Å². The van der Waals surface area contributed by atoms with Crippen LogP contribution < -0.4 is 19.1 Å². The number of hydrogen-bond donors (Lipinski definition) is 1. The van der Waals surface area contributed by atoms with Gasteiger partial charge in [-0.15, -0.1) is 0 Å². The van der Waals surface area contributed by atoms with E-state index < -0.39 is 17.7 Å². The minimum atomic E-state index is -0.942. The molecule has 0 radical (unpaired) electrons. The van der Waals surface area contributed by atoms with E-state index in [4.69, 9.17) is 14.2 Å². The minimum Gasteiger partial charge on any atom is -0.507 e. The highest BCUT2D eigenvalue weighted by Crippen LogP contribution is 2.46. The Balaban J connectivity index is 1.71. The monoisotopic (exact) mass is 530 g/mol. The largest absolute Gasteiger partial charge is 0.507 e. The van der Waals surface area contributed by atoms with Crippen LogP contribution >= 0.6 is 11.3 Å². The maximum atomic E-state index is 13.5. The van der Waals surface area contributed by atoms with Crippen LogP contribution in [-0.2, 0) is 9.59 Å². The second-order valence-electron chi connectivity index (χ2n) is 8.71. The Morgan fingerprint density at radius 1 is 1.00 bits per heavy atom. The number of methoxy groups -OCH3 is 2. The molecule has 0 spiro atoms. The molecule has 0 saturated carbocycles. The predicted octanol–water partition coefficient (Wildman–Crippen LogP) is 5.65. The first-order valence-corrected chi connectivity index (χ1v) is 12.8. The van der Waals surface area contributed by atoms with Crippen molar-refractivity contribution in [3.63, 3.8) is 0 Å². The van der Waals surface area contributed by atoms with Crippen molar-refractivity contribution in [1.29, 1.82) is 0 Å². The molecule has 1 aromatic heterocycles. The van der Waals surface area contributed by atoms with Crippen molar-refractivity contribution >= 4 is 44.1 Å². The van der Waals surface area contributed by atoms with Crippen LogP contribution in [0.2, 0.25) is 0 Å². The van der Waals surface area contributed by atoms with E-state index in [2.05, 4.69) is 4.98 Å². The van der Waals surface area contributed by atoms with E-state index in [0.29, 0.717) is 45.6 Å². The number of amides is 1. The highest BCUT2D eigenvalue weighted by atomic mass is 32.1. The molecule has 1 N–H and O–H groups in total. The van der Waals surface area contributed by atoms with Crippen LogP contribution in [0.15, 0.2) is 66.2 Å². The fraction of sp³-hybridized carbons (Fsp3) is 0.207. The SMILES string of the molecule is CCOc1ccc2nc(N3C(=O)C(=O)C(=C(O)c4ccc(C)cc4)C3c3ccc(OC)c(OC)c3)sc2c1. The van der Waals surface area contributed by atoms with Crippen LogP contribution in [0.1, 0.15) is 29.7 Å². The third-order valence-electron chi connectivity index (χ3n) is 6.36. The fourth-order valence-corrected chi connectivity index (χ4v) is 5.51. The van der Waals surface area contributed by atoms with Crippen LogP contribution in [0, 0.1) is 6.92 Å². The highest BCUT2D eigenvalue weighted by Gasteiger charge is 2.48. The molecule has 9 heteroatoms. The smallest absolute Gasteiger partial charge is 0.301 e. The Morgan fingerprint density at radius 3 is 2.42 bits per heavy atom. The molecule has 3 aromatic carbocycles. The van der Waals surface area contributed by atoms with Crippen molar-refractivity contribution < 1.29 is 28.9 Å². The summed E-state index contributed by atoms with van der Waals surface area (Å²) in [5.41, 5.74) is 2.63. The van der Waals surface area contributed by atoms with Gasteiger partial charge < -0.3 is 19.3 Å². The van der Waals surface area contributed by atoms with Gasteiger partial charge >= 0.3 is 5.91 Å². The summed E-state index contributed by atoms with van der Waals surface area (Å²) in [7, 11) is 3.03. The summed E-state index contributed by atoms with van der Waals surface area (Å²) in [4.78, 5) is 33.0. The molecule has 0 bridgehead atoms. The first-order valence-electron chi connectivity index (χ1n) is 12.0. The fourth-order valence-electron chi connectivity index (χ4n) is 4.49. The molecule has 1 fully saturated rings. The van der Waals surface area contributed by atoms with E-state index in [9.17, 15) is 14.7 Å². The number of fused-ring (bicyclic) bond motifs is 1. The number of aryl methyl sites for hydroxylation is 1. The lowest BCUT2D eigenvalue weighted by molar-refractivity contribution is -0.132. The molecule has 4 aromatic rings. The van der Waals surface area contributed by atoms with Gasteiger partial charge in [0.25, 0.3) is 5.78 Å². The molecule has 1 aliphatic rings. The quantitative estimate of drug-likeness (QED) is 0.187. The van der Waals surface area contributed by atoms with Gasteiger partial charge in [0, 0.05) is 5.56 Å². The zero-order valence-electron chi connectivity index (χ0n) is 21.3. The zero-order valence-corrected chi connectivity index (χ0v) is 22.2. The van der Waals surface area contributed by atoms with Crippen LogP contribution in [0.4, 0.5) is 5.13 Å². The third-order valence-corrected chi connectivity index (χ3v) is 7.38. The van der Waals surface area contributed by atoms with Crippen molar-refractivity contribution in [2.45, 2.75) is 19.9 Å². The Kier molecular flexibility index (Phi) is 6.77. The molecule has 194 valence electrons. The van der Waals surface area contributed by atoms with E-state index in [1.165, 1.54) is 30.5 Å². The summed E-state index contributed by atoms with van der Waals surface area (Å²) in [6, 6.07) is 16.8. The van der Waals surface area contributed by atoms with Crippen LogP contribution in [0.3, 0.4) is 0 Å². The van der Waals surface area contributed by atoms with Crippen LogP contribution in [-0.4, -0.2) is 42.6 Å². The third kappa shape index (κ3) is 4.35. The van der Waals surface area contributed by atoms with Gasteiger partial charge in [-0.2, -0.15) is 0 Å². The number of benzene rings is 3. The molecule has 1 amide bonds. The first-order chi connectivity index (χ1) is 18.4. The van der Waals surface area contributed by atoms with Crippen molar-refractivity contribution in [1.82, 2.24) is 4.98 Å². The maximum absolute atomic E-state index is 13.5. The lowest BCUT2D eigenvalue weighted by atomic mass is 9.95. The van der Waals surface area contributed by atoms with Gasteiger partial charge in [-0.1, -0.05) is 47.2 Å². The highest BCUT2D eigenvalue weighted by molar-refractivity contribution is 7.22. The summed E-state index contributed by atoms with van der Waals surface area (Å²) in [6.45, 7) is 4.35. The topological polar surface area (TPSA) is 98.2 Å². The number of carbonyl (C=O) groups is 2. The number of anilines is 1. The molecule has 2 heterocycles. The van der Waals surface area contributed by atoms with Gasteiger partial charge in [0.05, 0.1) is 42.7 Å². The average Bonchev–Trinajstić information content (AvgIpc) is 3.46. The number of carbonyl (C=O) groups excluding carboxylic acids is 2. The maximum Gasteiger partial charge on any atom is 0.301 e. The van der Waals surface area contributed by atoms with Gasteiger partial charge in [0.15, 0.2) is 16.6 Å². The van der Waals surface area contributed by atoms with E-state index in [1.807, 2.05) is 44.2 Å². The molecular formula is C29H26N2O6S. The summed E-state index contributed by atoms with van der Waals surface area (Å²) in [5, 5.41) is 11.7. The molecule has 1 aliphatic heterocycles. The number of aliphatic hydroxyl groups excluding tert-OH is 1. The van der Waals surface area contributed by atoms with E-state index in [-0.39, 0.29) is 11.3 Å². The first kappa shape index (κ1) is 25.3. The molecule has 5 rings (SSSR count). The van der Waals surface area contributed by atoms with Crippen molar-refractivity contribution in [2.75, 3.05) is 25.7 Å². The lowest BCUT2D eigenvalue weighted by Crippen LogP contribution is -2.29. The molecule has 38 heavy (non-hydrogen) atoms. The van der Waals surface area contributed by atoms with Gasteiger partial charge in [-0.25, -0.2) is 4.98 Å². The van der Waals surface area contributed by atoms with Gasteiger partial charge in [0.1, 0.15) is 11.5 Å². The molecule has 8 nitrogen and oxygen atoms in total. The number of nitrogens with zero attached hydrogens (tertiary/aromatic N) is 2. The number of rotatable bonds is 7. The van der Waals surface area contributed by atoms with E-state index in [0.717, 1.165) is 10.3 Å². The number of ketones is 1. The average molecular weight is 531 g/mol. The Bertz CT molecular complexity index is 1570. The summed E-state index contributed by atoms with van der Waals surface area (Å²) >= 11 is 1.27. The number of aromatic nitrogens is 1. The van der Waals surface area contributed by atoms with Crippen LogP contribution in [0.25, 0.3) is 16.0 Å². The normalized spacial score (nSPS) is 16.7. The molecule has 1 saturated heterocycles. The minimum absolute atomic E-state index is 0.0275. The number of hydrogen-bond acceptors (Lipinski definition) is 8. The second-order valence-corrected chi connectivity index (χ2v) is 9.72. The van der Waals surface area contributed by atoms with Crippen molar-refractivity contribution in [3.8, 4) is 17.2 Å². The zero-order chi connectivity index (χ0) is 27.0. The van der Waals surface area contributed by atoms with Gasteiger partial charge in [-0.3, -0.25) is 14.5 Å². The molecule has 0 aliphatic carbocycles. The molecule has 1 unspecified atom stereocenters. The lowest BCUT2D eigenvalue weighted by Gasteiger charge is -2.23. The van der Waals surface area contributed by atoms with Crippen molar-refractivity contribution in [3.05, 3.63) is 82.9 Å². The van der Waals surface area contributed by atoms with Gasteiger partial charge in [-0.05, 0) is 49.7 Å². The molecule has 1 atom stereocenters. The van der Waals surface area contributed by atoms with Crippen LogP contribution in [0.5, 0.6) is 17.2 Å². The van der Waals surface area contributed by atoms with E-state index >= 15 is 0 Å². The summed E-state index contributed by atoms with van der Waals surface area (Å²) in [6.07, 6.45) is 0. The number of ether oxygens (including phenoxy) is 3. The van der Waals surface area contributed by atoms with E-state index in [1.54, 1.807) is 30.3 Å².